The van der Waals surface area contributed by atoms with E-state index in [1.54, 1.807) is 0 Å². The van der Waals surface area contributed by atoms with Crippen molar-refractivity contribution in [2.45, 2.75) is 47.0 Å². The highest BCUT2D eigenvalue weighted by Crippen LogP contribution is 2.40. The van der Waals surface area contributed by atoms with E-state index in [0.717, 1.165) is 24.8 Å². The van der Waals surface area contributed by atoms with Gasteiger partial charge in [0.05, 0.1) is 5.02 Å². The van der Waals surface area contributed by atoms with E-state index in [-0.39, 0.29) is 5.02 Å². The topological polar surface area (TPSA) is 52.6 Å². The Labute approximate surface area is 153 Å². The van der Waals surface area contributed by atoms with Crippen LogP contribution in [-0.4, -0.2) is 11.9 Å². The van der Waals surface area contributed by atoms with Crippen molar-refractivity contribution in [3.8, 4) is 11.5 Å². The van der Waals surface area contributed by atoms with Crippen molar-refractivity contribution in [2.75, 3.05) is 0 Å². The summed E-state index contributed by atoms with van der Waals surface area (Å²) in [6.45, 7) is 7.06. The Hall–Kier alpha value is -2.07. The molecule has 0 aliphatic carbocycles. The minimum absolute atomic E-state index is 0.235. The number of benzene rings is 2. The van der Waals surface area contributed by atoms with Gasteiger partial charge in [0.2, 0.25) is 0 Å². The summed E-state index contributed by atoms with van der Waals surface area (Å²) in [7, 11) is 0. The molecule has 2 aromatic rings. The number of halogens is 1. The van der Waals surface area contributed by atoms with Gasteiger partial charge in [0.15, 0.2) is 5.75 Å². The summed E-state index contributed by atoms with van der Waals surface area (Å²) in [5.41, 5.74) is 1.12. The molecule has 2 rings (SSSR count). The van der Waals surface area contributed by atoms with Gasteiger partial charge in [0.1, 0.15) is 5.75 Å². The van der Waals surface area contributed by atoms with E-state index < -0.39 is 11.9 Å². The zero-order valence-corrected chi connectivity index (χ0v) is 15.8. The van der Waals surface area contributed by atoms with Crippen LogP contribution in [0.15, 0.2) is 24.3 Å². The molecule has 0 heterocycles. The van der Waals surface area contributed by atoms with Gasteiger partial charge in [-0.2, -0.15) is 0 Å². The Morgan fingerprint density at radius 2 is 1.72 bits per heavy atom. The summed E-state index contributed by atoms with van der Waals surface area (Å²) in [5, 5.41) is 1.59. The zero-order chi connectivity index (χ0) is 18.6. The number of rotatable bonds is 6. The Balaban J connectivity index is 2.50. The standard InChI is InChI=1S/C20H23ClO4/c1-12(2)6-5-7-15-8-9-16-17(10-15)20(25-14(4)23)18(21)11-19(16)24-13(3)22/h8-12H,5-7H2,1-4H3. The van der Waals surface area contributed by atoms with Crippen LogP contribution in [0, 0.1) is 5.92 Å². The number of esters is 2. The highest BCUT2D eigenvalue weighted by Gasteiger charge is 2.16. The minimum Gasteiger partial charge on any atom is -0.426 e. The molecule has 0 N–H and O–H groups in total. The quantitative estimate of drug-likeness (QED) is 0.515. The van der Waals surface area contributed by atoms with Crippen LogP contribution in [0.25, 0.3) is 10.8 Å². The lowest BCUT2D eigenvalue weighted by atomic mass is 9.99. The van der Waals surface area contributed by atoms with E-state index in [1.165, 1.54) is 19.9 Å². The Morgan fingerprint density at radius 3 is 2.32 bits per heavy atom. The van der Waals surface area contributed by atoms with E-state index in [9.17, 15) is 9.59 Å². The second kappa shape index (κ2) is 8.34. The Kier molecular flexibility index (Phi) is 6.43. The lowest BCUT2D eigenvalue weighted by Crippen LogP contribution is -2.05. The van der Waals surface area contributed by atoms with Gasteiger partial charge in [0, 0.05) is 30.7 Å². The van der Waals surface area contributed by atoms with E-state index in [1.807, 2.05) is 18.2 Å². The molecule has 0 bridgehead atoms. The van der Waals surface area contributed by atoms with Crippen LogP contribution in [0.3, 0.4) is 0 Å². The number of fused-ring (bicyclic) bond motifs is 1. The van der Waals surface area contributed by atoms with Gasteiger partial charge in [-0.05, 0) is 30.4 Å². The van der Waals surface area contributed by atoms with Crippen LogP contribution < -0.4 is 9.47 Å². The van der Waals surface area contributed by atoms with Crippen LogP contribution in [0.1, 0.15) is 46.1 Å². The van der Waals surface area contributed by atoms with Crippen LogP contribution in [0.2, 0.25) is 5.02 Å². The van der Waals surface area contributed by atoms with Gasteiger partial charge in [0.25, 0.3) is 0 Å². The van der Waals surface area contributed by atoms with E-state index >= 15 is 0 Å². The largest absolute Gasteiger partial charge is 0.426 e. The van der Waals surface area contributed by atoms with Crippen molar-refractivity contribution in [1.29, 1.82) is 0 Å². The molecular weight excluding hydrogens is 340 g/mol. The van der Waals surface area contributed by atoms with Gasteiger partial charge < -0.3 is 9.47 Å². The first-order valence-corrected chi connectivity index (χ1v) is 8.77. The number of ether oxygens (including phenoxy) is 2. The fourth-order valence-corrected chi connectivity index (χ4v) is 2.98. The number of carbonyl (C=O) groups excluding carboxylic acids is 2. The van der Waals surface area contributed by atoms with Crippen molar-refractivity contribution in [3.63, 3.8) is 0 Å². The normalized spacial score (nSPS) is 11.0. The van der Waals surface area contributed by atoms with Gasteiger partial charge in [-0.15, -0.1) is 0 Å². The molecule has 0 saturated carbocycles. The molecule has 0 spiro atoms. The molecular formula is C20H23ClO4. The summed E-state index contributed by atoms with van der Waals surface area (Å²) < 4.78 is 10.6. The Bertz CT molecular complexity index is 796. The first-order valence-electron chi connectivity index (χ1n) is 8.40. The SMILES string of the molecule is CC(=O)Oc1cc(Cl)c(OC(C)=O)c2cc(CCCC(C)C)ccc12. The predicted octanol–water partition coefficient (Wildman–Crippen LogP) is 5.32. The van der Waals surface area contributed by atoms with Crippen molar-refractivity contribution < 1.29 is 19.1 Å². The highest BCUT2D eigenvalue weighted by atomic mass is 35.5. The zero-order valence-electron chi connectivity index (χ0n) is 15.0. The maximum absolute atomic E-state index is 11.4. The number of aryl methyl sites for hydroxylation is 1. The molecule has 4 nitrogen and oxygen atoms in total. The van der Waals surface area contributed by atoms with Crippen molar-refractivity contribution in [1.82, 2.24) is 0 Å². The average molecular weight is 363 g/mol. The fourth-order valence-electron chi connectivity index (χ4n) is 2.74. The van der Waals surface area contributed by atoms with Gasteiger partial charge in [-0.3, -0.25) is 9.59 Å². The maximum atomic E-state index is 11.4. The number of carbonyl (C=O) groups is 2. The van der Waals surface area contributed by atoms with Gasteiger partial charge in [-0.25, -0.2) is 0 Å². The molecule has 0 aliphatic heterocycles. The molecule has 0 amide bonds. The third-order valence-electron chi connectivity index (χ3n) is 3.82. The summed E-state index contributed by atoms with van der Waals surface area (Å²) >= 11 is 6.27. The molecule has 134 valence electrons. The second-order valence-corrected chi connectivity index (χ2v) is 6.95. The molecule has 5 heteroatoms. The van der Waals surface area contributed by atoms with E-state index in [2.05, 4.69) is 13.8 Å². The molecule has 2 aromatic carbocycles. The average Bonchev–Trinajstić information content (AvgIpc) is 2.50. The first-order chi connectivity index (χ1) is 11.8. The molecule has 0 fully saturated rings. The monoisotopic (exact) mass is 362 g/mol. The highest BCUT2D eigenvalue weighted by molar-refractivity contribution is 6.34. The molecule has 0 aromatic heterocycles. The molecule has 0 aliphatic rings. The third-order valence-corrected chi connectivity index (χ3v) is 4.10. The summed E-state index contributed by atoms with van der Waals surface area (Å²) in [6.07, 6.45) is 3.13. The predicted molar refractivity (Wildman–Crippen MR) is 99.4 cm³/mol. The van der Waals surface area contributed by atoms with Crippen molar-refractivity contribution in [2.24, 2.45) is 5.92 Å². The summed E-state index contributed by atoms with van der Waals surface area (Å²) in [4.78, 5) is 22.8. The smallest absolute Gasteiger partial charge is 0.308 e. The molecule has 0 radical (unpaired) electrons. The van der Waals surface area contributed by atoms with Crippen LogP contribution in [0.4, 0.5) is 0 Å². The first kappa shape index (κ1) is 19.3. The second-order valence-electron chi connectivity index (χ2n) is 6.54. The van der Waals surface area contributed by atoms with Crippen LogP contribution >= 0.6 is 11.6 Å². The van der Waals surface area contributed by atoms with Crippen molar-refractivity contribution >= 4 is 34.3 Å². The third kappa shape index (κ3) is 5.20. The summed E-state index contributed by atoms with van der Waals surface area (Å²) in [5.74, 6) is 0.428. The number of hydrogen-bond acceptors (Lipinski definition) is 4. The maximum Gasteiger partial charge on any atom is 0.308 e. The molecule has 0 saturated heterocycles. The van der Waals surface area contributed by atoms with Crippen LogP contribution in [0.5, 0.6) is 11.5 Å². The lowest BCUT2D eigenvalue weighted by molar-refractivity contribution is -0.132. The molecule has 0 atom stereocenters. The number of hydrogen-bond donors (Lipinski definition) is 0. The molecule has 0 unspecified atom stereocenters. The fraction of sp³-hybridized carbons (Fsp3) is 0.400. The summed E-state index contributed by atoms with van der Waals surface area (Å²) in [6, 6.07) is 7.33. The minimum atomic E-state index is -0.450. The van der Waals surface area contributed by atoms with Crippen molar-refractivity contribution in [3.05, 3.63) is 34.9 Å². The van der Waals surface area contributed by atoms with E-state index in [0.29, 0.717) is 28.2 Å². The Morgan fingerprint density at radius 1 is 1.04 bits per heavy atom. The lowest BCUT2D eigenvalue weighted by Gasteiger charge is -2.14. The van der Waals surface area contributed by atoms with Crippen LogP contribution in [-0.2, 0) is 16.0 Å². The van der Waals surface area contributed by atoms with E-state index in [4.69, 9.17) is 21.1 Å². The van der Waals surface area contributed by atoms with Gasteiger partial charge >= 0.3 is 11.9 Å². The molecule has 25 heavy (non-hydrogen) atoms. The van der Waals surface area contributed by atoms with Gasteiger partial charge in [-0.1, -0.05) is 44.0 Å².